The van der Waals surface area contributed by atoms with Crippen LogP contribution in [0.3, 0.4) is 0 Å². The number of thioether (sulfide) groups is 1. The van der Waals surface area contributed by atoms with Crippen molar-refractivity contribution < 1.29 is 0 Å². The number of allylic oxidation sites excluding steroid dienone is 1. The van der Waals surface area contributed by atoms with Crippen molar-refractivity contribution in [2.24, 2.45) is 0 Å². The van der Waals surface area contributed by atoms with Gasteiger partial charge in [0.05, 0.1) is 11.7 Å². The Kier molecular flexibility index (Phi) is 6.16. The van der Waals surface area contributed by atoms with Crippen molar-refractivity contribution in [3.05, 3.63) is 59.0 Å². The average molecular weight is 424 g/mol. The van der Waals surface area contributed by atoms with E-state index in [9.17, 15) is 0 Å². The summed E-state index contributed by atoms with van der Waals surface area (Å²) >= 11 is 1.95. The Labute approximate surface area is 184 Å². The van der Waals surface area contributed by atoms with Crippen molar-refractivity contribution in [1.29, 1.82) is 0 Å². The van der Waals surface area contributed by atoms with Crippen molar-refractivity contribution in [1.82, 2.24) is 25.1 Å². The Bertz CT molecular complexity index is 936. The minimum Gasteiger partial charge on any atom is -0.290 e. The quantitative estimate of drug-likeness (QED) is 0.597. The molecule has 1 fully saturated rings. The van der Waals surface area contributed by atoms with Crippen LogP contribution >= 0.6 is 11.8 Å². The molecule has 1 saturated heterocycles. The summed E-state index contributed by atoms with van der Waals surface area (Å²) in [6, 6.07) is 6.52. The number of likely N-dealkylation sites (tertiary alicyclic amines) is 1. The van der Waals surface area contributed by atoms with Gasteiger partial charge in [0.1, 0.15) is 0 Å². The predicted octanol–water partition coefficient (Wildman–Crippen LogP) is 5.20. The summed E-state index contributed by atoms with van der Waals surface area (Å²) in [6.07, 6.45) is 10.4. The van der Waals surface area contributed by atoms with Crippen molar-refractivity contribution in [2.45, 2.75) is 63.7 Å². The highest BCUT2D eigenvalue weighted by atomic mass is 32.2. The van der Waals surface area contributed by atoms with Gasteiger partial charge in [0, 0.05) is 4.75 Å². The predicted molar refractivity (Wildman–Crippen MR) is 125 cm³/mol. The van der Waals surface area contributed by atoms with Crippen LogP contribution in [-0.2, 0) is 0 Å². The van der Waals surface area contributed by atoms with Crippen LogP contribution < -0.4 is 0 Å². The molecule has 4 rings (SSSR count). The van der Waals surface area contributed by atoms with Gasteiger partial charge in [0.15, 0.2) is 5.82 Å². The molecule has 2 aromatic rings. The molecule has 0 amide bonds. The lowest BCUT2D eigenvalue weighted by atomic mass is 9.82. The van der Waals surface area contributed by atoms with Crippen molar-refractivity contribution >= 4 is 11.8 Å². The molecule has 2 aliphatic rings. The third-order valence-electron chi connectivity index (χ3n) is 6.93. The summed E-state index contributed by atoms with van der Waals surface area (Å²) in [5.74, 6) is 0.951. The van der Waals surface area contributed by atoms with Gasteiger partial charge in [-0.3, -0.25) is 4.90 Å². The molecule has 2 unspecified atom stereocenters. The van der Waals surface area contributed by atoms with E-state index < -0.39 is 0 Å². The Morgan fingerprint density at radius 1 is 1.20 bits per heavy atom. The minimum atomic E-state index is 0.145. The number of benzene rings is 1. The van der Waals surface area contributed by atoms with Gasteiger partial charge in [-0.1, -0.05) is 36.4 Å². The van der Waals surface area contributed by atoms with E-state index in [-0.39, 0.29) is 10.8 Å². The van der Waals surface area contributed by atoms with Gasteiger partial charge in [-0.05, 0) is 99.3 Å². The maximum absolute atomic E-state index is 4.58. The van der Waals surface area contributed by atoms with Gasteiger partial charge >= 0.3 is 0 Å². The van der Waals surface area contributed by atoms with Gasteiger partial charge < -0.3 is 0 Å². The fraction of sp³-hybridized carbons (Fsp3) is 0.542. The van der Waals surface area contributed by atoms with Gasteiger partial charge in [0.25, 0.3) is 0 Å². The van der Waals surface area contributed by atoms with E-state index in [4.69, 9.17) is 0 Å². The van der Waals surface area contributed by atoms with Gasteiger partial charge in [-0.25, -0.2) is 0 Å². The van der Waals surface area contributed by atoms with E-state index in [0.717, 1.165) is 43.9 Å². The molecule has 1 aromatic carbocycles. The molecule has 0 N–H and O–H groups in total. The van der Waals surface area contributed by atoms with E-state index in [1.54, 1.807) is 0 Å². The van der Waals surface area contributed by atoms with Crippen LogP contribution in [0.15, 0.2) is 42.0 Å². The number of aryl methyl sites for hydroxylation is 2. The molecule has 160 valence electrons. The lowest BCUT2D eigenvalue weighted by molar-refractivity contribution is 0.255. The third kappa shape index (κ3) is 3.76. The van der Waals surface area contributed by atoms with Crippen LogP contribution in [0.5, 0.6) is 0 Å². The summed E-state index contributed by atoms with van der Waals surface area (Å²) < 4.78 is 2.15. The molecule has 1 aliphatic heterocycles. The molecule has 0 radical (unpaired) electrons. The first-order valence-electron chi connectivity index (χ1n) is 11.0. The first-order chi connectivity index (χ1) is 14.5. The Morgan fingerprint density at radius 2 is 1.90 bits per heavy atom. The first kappa shape index (κ1) is 21.3. The molecule has 2 heterocycles. The number of hydrogen-bond acceptors (Lipinski definition) is 5. The highest BCUT2D eigenvalue weighted by Gasteiger charge is 2.38. The van der Waals surface area contributed by atoms with Crippen molar-refractivity contribution in [3.8, 4) is 5.69 Å². The van der Waals surface area contributed by atoms with Gasteiger partial charge in [-0.2, -0.15) is 16.4 Å². The van der Waals surface area contributed by atoms with Crippen LogP contribution in [0.4, 0.5) is 0 Å². The second kappa shape index (κ2) is 8.67. The molecule has 30 heavy (non-hydrogen) atoms. The maximum Gasteiger partial charge on any atom is 0.177 e. The molecule has 5 nitrogen and oxygen atoms in total. The summed E-state index contributed by atoms with van der Waals surface area (Å²) in [5, 5.41) is 13.2. The molecule has 0 saturated carbocycles. The van der Waals surface area contributed by atoms with E-state index in [2.05, 4.69) is 78.3 Å². The van der Waals surface area contributed by atoms with Crippen LogP contribution in [-0.4, -0.2) is 49.2 Å². The summed E-state index contributed by atoms with van der Waals surface area (Å²) in [5.41, 5.74) is 6.25. The smallest absolute Gasteiger partial charge is 0.177 e. The monoisotopic (exact) mass is 423 g/mol. The summed E-state index contributed by atoms with van der Waals surface area (Å²) in [4.78, 5) is 2.58. The second-order valence-corrected chi connectivity index (χ2v) is 9.99. The number of para-hydroxylation sites is 1. The molecule has 0 bridgehead atoms. The van der Waals surface area contributed by atoms with Crippen LogP contribution in [0.2, 0.25) is 0 Å². The summed E-state index contributed by atoms with van der Waals surface area (Å²) in [7, 11) is 0. The van der Waals surface area contributed by atoms with E-state index >= 15 is 0 Å². The first-order valence-corrected chi connectivity index (χ1v) is 12.2. The molecular formula is C24H33N5S. The van der Waals surface area contributed by atoms with Crippen LogP contribution in [0, 0.1) is 13.8 Å². The zero-order valence-electron chi connectivity index (χ0n) is 18.7. The largest absolute Gasteiger partial charge is 0.290 e. The number of tetrazole rings is 1. The molecule has 1 aromatic heterocycles. The second-order valence-electron chi connectivity index (χ2n) is 8.80. The maximum atomic E-state index is 4.58. The van der Waals surface area contributed by atoms with Gasteiger partial charge in [-0.15, -0.1) is 5.10 Å². The lowest BCUT2D eigenvalue weighted by Crippen LogP contribution is -2.34. The lowest BCUT2D eigenvalue weighted by Gasteiger charge is -2.39. The average Bonchev–Trinajstić information content (AvgIpc) is 3.42. The third-order valence-corrected chi connectivity index (χ3v) is 8.43. The van der Waals surface area contributed by atoms with Crippen molar-refractivity contribution in [2.75, 3.05) is 19.3 Å². The standard InChI is InChI=1S/C24H33N5S/c1-17(2)24(30-5)13-11-20(12-14-24)22(28-15-6-7-16-28)23-25-26-27-29(23)21-18(3)9-8-10-19(21)4/h8-11,22H,1,6-7,12-16H2,2-5H3. The summed E-state index contributed by atoms with van der Waals surface area (Å²) in [6.45, 7) is 13.0. The number of rotatable bonds is 6. The molecule has 6 heteroatoms. The Morgan fingerprint density at radius 3 is 2.47 bits per heavy atom. The van der Waals surface area contributed by atoms with Crippen LogP contribution in [0.1, 0.15) is 62.0 Å². The van der Waals surface area contributed by atoms with Gasteiger partial charge in [0.2, 0.25) is 0 Å². The molecule has 2 atom stereocenters. The topological polar surface area (TPSA) is 46.8 Å². The number of aromatic nitrogens is 4. The van der Waals surface area contributed by atoms with Crippen molar-refractivity contribution in [3.63, 3.8) is 0 Å². The highest BCUT2D eigenvalue weighted by molar-refractivity contribution is 8.00. The SMILES string of the molecule is C=C(C)C1(SC)CC=C(C(c2nnnn2-c2c(C)cccc2C)N2CCCC2)CC1. The fourth-order valence-electron chi connectivity index (χ4n) is 5.07. The number of nitrogens with zero attached hydrogens (tertiary/aromatic N) is 5. The minimum absolute atomic E-state index is 0.145. The normalized spacial score (nSPS) is 23.4. The zero-order valence-corrected chi connectivity index (χ0v) is 19.5. The zero-order chi connectivity index (χ0) is 21.3. The fourth-order valence-corrected chi connectivity index (χ4v) is 5.97. The Balaban J connectivity index is 1.76. The van der Waals surface area contributed by atoms with E-state index in [1.807, 2.05) is 16.4 Å². The Hall–Kier alpha value is -1.92. The highest BCUT2D eigenvalue weighted by Crippen LogP contribution is 2.46. The molecular weight excluding hydrogens is 390 g/mol. The van der Waals surface area contributed by atoms with E-state index in [1.165, 1.54) is 35.1 Å². The molecule has 1 aliphatic carbocycles. The van der Waals surface area contributed by atoms with E-state index in [0.29, 0.717) is 0 Å². The van der Waals surface area contributed by atoms with Crippen LogP contribution in [0.25, 0.3) is 5.69 Å². The molecule has 0 spiro atoms. The number of hydrogen-bond donors (Lipinski definition) is 0.